The fraction of sp³-hybridized carbons (Fsp3) is 0.750. The minimum atomic E-state index is -1.63. The van der Waals surface area contributed by atoms with Gasteiger partial charge in [0.15, 0.2) is 6.04 Å². The number of carbonyl (C=O) groups is 6. The number of nitrogens with one attached hydrogen (secondary N) is 5. The molecule has 1 rings (SSSR count). The topological polar surface area (TPSA) is 223 Å². The van der Waals surface area contributed by atoms with E-state index in [1.54, 1.807) is 27.7 Å². The van der Waals surface area contributed by atoms with E-state index in [9.17, 15) is 44.1 Å². The van der Waals surface area contributed by atoms with Gasteiger partial charge in [0.25, 0.3) is 0 Å². The van der Waals surface area contributed by atoms with Gasteiger partial charge in [-0.2, -0.15) is 0 Å². The summed E-state index contributed by atoms with van der Waals surface area (Å²) >= 11 is 0. The summed E-state index contributed by atoms with van der Waals surface area (Å²) in [6, 6.07) is -5.99. The summed E-state index contributed by atoms with van der Waals surface area (Å²) < 4.78 is 0. The first-order chi connectivity index (χ1) is 17.6. The van der Waals surface area contributed by atoms with Crippen LogP contribution < -0.4 is 26.6 Å². The van der Waals surface area contributed by atoms with Gasteiger partial charge in [0.05, 0.1) is 18.6 Å². The number of aliphatic carboxylic acids is 2. The van der Waals surface area contributed by atoms with Crippen molar-refractivity contribution in [2.75, 3.05) is 6.54 Å². The zero-order valence-corrected chi connectivity index (χ0v) is 22.4. The second kappa shape index (κ2) is 15.2. The van der Waals surface area contributed by atoms with Crippen molar-refractivity contribution in [3.8, 4) is 0 Å². The van der Waals surface area contributed by atoms with Crippen molar-refractivity contribution in [1.29, 1.82) is 0 Å². The molecule has 0 unspecified atom stereocenters. The summed E-state index contributed by atoms with van der Waals surface area (Å²) in [4.78, 5) is 74.2. The van der Waals surface area contributed by atoms with E-state index >= 15 is 0 Å². The van der Waals surface area contributed by atoms with Crippen molar-refractivity contribution in [1.82, 2.24) is 26.6 Å². The molecule has 0 saturated carbocycles. The highest BCUT2D eigenvalue weighted by atomic mass is 16.4. The van der Waals surface area contributed by atoms with Crippen molar-refractivity contribution in [3.63, 3.8) is 0 Å². The summed E-state index contributed by atoms with van der Waals surface area (Å²) in [5.41, 5.74) is 0. The minimum absolute atomic E-state index is 0.0660. The van der Waals surface area contributed by atoms with E-state index in [0.717, 1.165) is 6.42 Å². The van der Waals surface area contributed by atoms with E-state index in [-0.39, 0.29) is 24.2 Å². The van der Waals surface area contributed by atoms with Crippen LogP contribution in [0.1, 0.15) is 60.3 Å². The minimum Gasteiger partial charge on any atom is -0.481 e. The Morgan fingerprint density at radius 3 is 1.84 bits per heavy atom. The van der Waals surface area contributed by atoms with Gasteiger partial charge < -0.3 is 41.9 Å². The van der Waals surface area contributed by atoms with Crippen LogP contribution in [0.15, 0.2) is 0 Å². The zero-order valence-electron chi connectivity index (χ0n) is 22.4. The standard InChI is InChI=1S/C24H41N5O9/c1-11(2)9-15(22(35)29-19(13(5)30)24(37)38)26-21(34)16(10-17(31)32)27-23(36)18(12(3)4)28-20(33)14-7-6-8-25-14/h11-16,18-19,25,30H,6-10H2,1-5H3,(H,26,34)(H,27,36)(H,28,33)(H,29,35)(H,31,32)(H,37,38)/t13-,14+,15+,16+,18+,19+/m1/s1. The van der Waals surface area contributed by atoms with E-state index in [2.05, 4.69) is 26.6 Å². The first-order valence-electron chi connectivity index (χ1n) is 12.7. The Morgan fingerprint density at radius 2 is 1.39 bits per heavy atom. The Hall–Kier alpha value is -3.26. The Bertz CT molecular complexity index is 871. The first-order valence-corrected chi connectivity index (χ1v) is 12.7. The fourth-order valence-corrected chi connectivity index (χ4v) is 3.96. The highest BCUT2D eigenvalue weighted by Gasteiger charge is 2.35. The number of carbonyl (C=O) groups excluding carboxylic acids is 4. The molecule has 6 atom stereocenters. The number of hydrogen-bond donors (Lipinski definition) is 8. The van der Waals surface area contributed by atoms with Gasteiger partial charge in [0.1, 0.15) is 18.1 Å². The van der Waals surface area contributed by atoms with Gasteiger partial charge in [-0.1, -0.05) is 27.7 Å². The lowest BCUT2D eigenvalue weighted by Crippen LogP contribution is -2.60. The molecule has 14 nitrogen and oxygen atoms in total. The average molecular weight is 544 g/mol. The summed E-state index contributed by atoms with van der Waals surface area (Å²) in [7, 11) is 0. The highest BCUT2D eigenvalue weighted by Crippen LogP contribution is 2.10. The third-order valence-electron chi connectivity index (χ3n) is 6.02. The molecule has 1 saturated heterocycles. The van der Waals surface area contributed by atoms with Crippen LogP contribution in [0.5, 0.6) is 0 Å². The van der Waals surface area contributed by atoms with E-state index in [4.69, 9.17) is 0 Å². The van der Waals surface area contributed by atoms with Gasteiger partial charge in [-0.25, -0.2) is 4.79 Å². The second-order valence-corrected chi connectivity index (χ2v) is 10.3. The maximum atomic E-state index is 13.1. The Balaban J connectivity index is 3.05. The van der Waals surface area contributed by atoms with Crippen LogP contribution in [0.3, 0.4) is 0 Å². The van der Waals surface area contributed by atoms with Gasteiger partial charge in [-0.3, -0.25) is 24.0 Å². The normalized spacial score (nSPS) is 19.1. The predicted molar refractivity (Wildman–Crippen MR) is 135 cm³/mol. The van der Waals surface area contributed by atoms with Crippen LogP contribution in [-0.2, 0) is 28.8 Å². The molecule has 1 aliphatic rings. The van der Waals surface area contributed by atoms with Crippen LogP contribution in [0.4, 0.5) is 0 Å². The Morgan fingerprint density at radius 1 is 0.816 bits per heavy atom. The number of aliphatic hydroxyl groups is 1. The summed E-state index contributed by atoms with van der Waals surface area (Å²) in [5, 5.41) is 40.8. The van der Waals surface area contributed by atoms with Crippen molar-refractivity contribution in [2.24, 2.45) is 11.8 Å². The van der Waals surface area contributed by atoms with Crippen molar-refractivity contribution in [3.05, 3.63) is 0 Å². The maximum absolute atomic E-state index is 13.1. The van der Waals surface area contributed by atoms with Crippen molar-refractivity contribution >= 4 is 35.6 Å². The molecule has 8 N–H and O–H groups in total. The maximum Gasteiger partial charge on any atom is 0.328 e. The third-order valence-corrected chi connectivity index (χ3v) is 6.02. The van der Waals surface area contributed by atoms with Gasteiger partial charge in [0.2, 0.25) is 23.6 Å². The van der Waals surface area contributed by atoms with Gasteiger partial charge in [0, 0.05) is 0 Å². The smallest absolute Gasteiger partial charge is 0.328 e. The number of carboxylic acids is 2. The van der Waals surface area contributed by atoms with Gasteiger partial charge in [-0.15, -0.1) is 0 Å². The van der Waals surface area contributed by atoms with Crippen LogP contribution in [0.25, 0.3) is 0 Å². The fourth-order valence-electron chi connectivity index (χ4n) is 3.96. The van der Waals surface area contributed by atoms with Crippen LogP contribution in [0.2, 0.25) is 0 Å². The van der Waals surface area contributed by atoms with Crippen molar-refractivity contribution < 1.29 is 44.1 Å². The number of rotatable bonds is 15. The van der Waals surface area contributed by atoms with E-state index in [1.807, 2.05) is 0 Å². The molecule has 0 spiro atoms. The molecule has 0 radical (unpaired) electrons. The highest BCUT2D eigenvalue weighted by molar-refractivity contribution is 5.97. The molecular formula is C24H41N5O9. The molecule has 14 heteroatoms. The quantitative estimate of drug-likeness (QED) is 0.117. The Labute approximate surface area is 221 Å². The summed E-state index contributed by atoms with van der Waals surface area (Å²) in [6.45, 7) is 8.72. The molecule has 0 aromatic heterocycles. The monoisotopic (exact) mass is 543 g/mol. The summed E-state index contributed by atoms with van der Waals surface area (Å²) in [5.74, 6) is -6.41. The molecule has 1 fully saturated rings. The van der Waals surface area contributed by atoms with Gasteiger partial charge in [-0.05, 0) is 44.6 Å². The van der Waals surface area contributed by atoms with Crippen molar-refractivity contribution in [2.45, 2.75) is 96.6 Å². The zero-order chi connectivity index (χ0) is 29.2. The molecule has 216 valence electrons. The second-order valence-electron chi connectivity index (χ2n) is 10.3. The van der Waals surface area contributed by atoms with Crippen LogP contribution in [-0.4, -0.2) is 93.7 Å². The lowest BCUT2D eigenvalue weighted by molar-refractivity contribution is -0.145. The SMILES string of the molecule is CC(C)C[C@H](NC(=O)[C@H](CC(=O)O)NC(=O)[C@@H](NC(=O)[C@@H]1CCCN1)C(C)C)C(=O)N[C@H](C(=O)O)[C@@H](C)O. The average Bonchev–Trinajstić information content (AvgIpc) is 3.33. The molecule has 0 aliphatic carbocycles. The van der Waals surface area contributed by atoms with E-state index in [1.165, 1.54) is 6.92 Å². The molecule has 1 aliphatic heterocycles. The van der Waals surface area contributed by atoms with Gasteiger partial charge >= 0.3 is 11.9 Å². The number of carboxylic acid groups (broad SMARTS) is 2. The molecule has 38 heavy (non-hydrogen) atoms. The third kappa shape index (κ3) is 10.6. The molecule has 0 bridgehead atoms. The van der Waals surface area contributed by atoms with E-state index < -0.39 is 72.4 Å². The molecular weight excluding hydrogens is 502 g/mol. The lowest BCUT2D eigenvalue weighted by atomic mass is 10.0. The van der Waals surface area contributed by atoms with E-state index in [0.29, 0.717) is 13.0 Å². The Kier molecular flexibility index (Phi) is 13.1. The summed E-state index contributed by atoms with van der Waals surface area (Å²) in [6.07, 6.45) is -0.737. The largest absolute Gasteiger partial charge is 0.481 e. The first kappa shape index (κ1) is 32.8. The number of amides is 4. The van der Waals surface area contributed by atoms with Crippen LogP contribution in [0, 0.1) is 11.8 Å². The molecule has 0 aromatic carbocycles. The van der Waals surface area contributed by atoms with Crippen LogP contribution >= 0.6 is 0 Å². The predicted octanol–water partition coefficient (Wildman–Crippen LogP) is -1.68. The number of hydrogen-bond acceptors (Lipinski definition) is 8. The lowest BCUT2D eigenvalue weighted by Gasteiger charge is -2.28. The molecule has 0 aromatic rings. The number of aliphatic hydroxyl groups excluding tert-OH is 1. The molecule has 4 amide bonds. The molecule has 1 heterocycles.